The fraction of sp³-hybridized carbons (Fsp3) is 0.368. The van der Waals surface area contributed by atoms with E-state index in [1.807, 2.05) is 0 Å². The quantitative estimate of drug-likeness (QED) is 0.753. The summed E-state index contributed by atoms with van der Waals surface area (Å²) < 4.78 is 5.34. The second-order valence-corrected chi connectivity index (χ2v) is 5.80. The molecule has 3 heteroatoms. The normalized spacial score (nSPS) is 23.4. The molecule has 5 radical (unpaired) electrons. The highest BCUT2D eigenvalue weighted by Crippen LogP contribution is 2.28. The van der Waals surface area contributed by atoms with Crippen LogP contribution in [0.2, 0.25) is 0 Å². The highest BCUT2D eigenvalue weighted by molar-refractivity contribution is 6.03. The van der Waals surface area contributed by atoms with Crippen LogP contribution in [0.3, 0.4) is 0 Å². The van der Waals surface area contributed by atoms with Crippen molar-refractivity contribution in [3.63, 3.8) is 0 Å². The second-order valence-electron chi connectivity index (χ2n) is 5.80. The minimum absolute atomic E-state index is 0.408. The molecule has 1 aliphatic heterocycles. The Morgan fingerprint density at radius 3 is 2.73 bits per heavy atom. The molecular formula is C19H23N2O. The van der Waals surface area contributed by atoms with E-state index in [-0.39, 0.29) is 0 Å². The summed E-state index contributed by atoms with van der Waals surface area (Å²) in [6.07, 6.45) is 11.7. The van der Waals surface area contributed by atoms with Crippen LogP contribution in [0.5, 0.6) is 0 Å². The van der Waals surface area contributed by atoms with Gasteiger partial charge in [0.05, 0.1) is 18.4 Å². The molecule has 1 saturated carbocycles. The van der Waals surface area contributed by atoms with Crippen LogP contribution in [0, 0.1) is 31.6 Å². The van der Waals surface area contributed by atoms with Crippen LogP contribution < -0.4 is 0 Å². The van der Waals surface area contributed by atoms with Crippen LogP contribution in [-0.4, -0.2) is 37.0 Å². The van der Waals surface area contributed by atoms with E-state index in [1.165, 1.54) is 17.9 Å². The summed E-state index contributed by atoms with van der Waals surface area (Å²) >= 11 is 0. The highest BCUT2D eigenvalue weighted by atomic mass is 16.5. The van der Waals surface area contributed by atoms with Crippen molar-refractivity contribution in [1.82, 2.24) is 5.01 Å². The van der Waals surface area contributed by atoms with Gasteiger partial charge >= 0.3 is 0 Å². The molecule has 0 spiro atoms. The molecule has 3 rings (SSSR count). The van der Waals surface area contributed by atoms with Crippen molar-refractivity contribution in [2.24, 2.45) is 5.10 Å². The van der Waals surface area contributed by atoms with Crippen LogP contribution in [0.1, 0.15) is 18.4 Å². The van der Waals surface area contributed by atoms with Gasteiger partial charge in [-0.3, -0.25) is 5.01 Å². The molecule has 0 aromatic heterocycles. The lowest BCUT2D eigenvalue weighted by atomic mass is 9.96. The zero-order chi connectivity index (χ0) is 15.2. The topological polar surface area (TPSA) is 24.8 Å². The maximum Gasteiger partial charge on any atom is 0.0704 e. The van der Waals surface area contributed by atoms with Crippen molar-refractivity contribution in [2.45, 2.75) is 25.3 Å². The monoisotopic (exact) mass is 295 g/mol. The summed E-state index contributed by atoms with van der Waals surface area (Å²) in [6.45, 7) is 1.77. The first-order valence-electron chi connectivity index (χ1n) is 7.96. The lowest BCUT2D eigenvalue weighted by Gasteiger charge is -2.24. The molecule has 1 aromatic rings. The third-order valence-electron chi connectivity index (χ3n) is 4.16. The summed E-state index contributed by atoms with van der Waals surface area (Å²) in [7, 11) is 1.77. The first-order valence-corrected chi connectivity index (χ1v) is 7.96. The Morgan fingerprint density at radius 1 is 1.23 bits per heavy atom. The van der Waals surface area contributed by atoms with Gasteiger partial charge in [-0.2, -0.15) is 5.10 Å². The number of rotatable bonds is 6. The van der Waals surface area contributed by atoms with E-state index < -0.39 is 0 Å². The fourth-order valence-corrected chi connectivity index (χ4v) is 3.02. The lowest BCUT2D eigenvalue weighted by Crippen LogP contribution is -2.31. The number of nitrogens with zero attached hydrogens (tertiary/aromatic N) is 2. The maximum absolute atomic E-state index is 5.34. The smallest absolute Gasteiger partial charge is 0.0704 e. The lowest BCUT2D eigenvalue weighted by molar-refractivity contribution is 0.118. The number of methoxy groups -OCH3 is 1. The van der Waals surface area contributed by atoms with Crippen molar-refractivity contribution in [2.75, 3.05) is 20.3 Å². The third kappa shape index (κ3) is 3.89. The van der Waals surface area contributed by atoms with E-state index in [0.717, 1.165) is 31.7 Å². The first kappa shape index (κ1) is 15.5. The van der Waals surface area contributed by atoms with Gasteiger partial charge in [-0.15, -0.1) is 0 Å². The van der Waals surface area contributed by atoms with Gasteiger partial charge in [0.15, 0.2) is 0 Å². The molecule has 1 aromatic carbocycles. The Hall–Kier alpha value is -1.35. The Balaban J connectivity index is 1.76. The Bertz CT molecular complexity index is 479. The highest BCUT2D eigenvalue weighted by Gasteiger charge is 2.27. The SMILES string of the molecule is COC[C@@H]1CCCN1/N=C(\Cc1ccccc1)[C]1[CH][CH][CH][CH]1. The first-order chi connectivity index (χ1) is 10.9. The number of hydrogen-bond donors (Lipinski definition) is 0. The minimum atomic E-state index is 0.408. The number of hydrazone groups is 1. The van der Waals surface area contributed by atoms with Crippen LogP contribution in [0.25, 0.3) is 0 Å². The van der Waals surface area contributed by atoms with Gasteiger partial charge in [0.2, 0.25) is 0 Å². The van der Waals surface area contributed by atoms with E-state index in [2.05, 4.69) is 61.0 Å². The molecule has 2 fully saturated rings. The van der Waals surface area contributed by atoms with Gasteiger partial charge in [-0.05, 0) is 44.1 Å². The van der Waals surface area contributed by atoms with Crippen LogP contribution in [0.15, 0.2) is 35.4 Å². The van der Waals surface area contributed by atoms with Gasteiger partial charge in [-0.25, -0.2) is 0 Å². The fourth-order valence-electron chi connectivity index (χ4n) is 3.02. The van der Waals surface area contributed by atoms with E-state index in [0.29, 0.717) is 6.04 Å². The summed E-state index contributed by atoms with van der Waals surface area (Å²) in [5.41, 5.74) is 2.43. The zero-order valence-electron chi connectivity index (χ0n) is 13.1. The van der Waals surface area contributed by atoms with Gasteiger partial charge in [0.25, 0.3) is 0 Å². The standard InChI is InChI=1S/C19H23N2O/c1-22-15-18-12-7-13-21(18)20-19(17-10-5-6-11-17)14-16-8-3-2-4-9-16/h2-6,8-11,18H,7,12-15H2,1H3/b20-19+/t18-/m0/s1. The molecular weight excluding hydrogens is 272 g/mol. The molecule has 0 N–H and O–H groups in total. The van der Waals surface area contributed by atoms with Crippen molar-refractivity contribution in [3.8, 4) is 0 Å². The Labute approximate surface area is 134 Å². The van der Waals surface area contributed by atoms with E-state index >= 15 is 0 Å². The van der Waals surface area contributed by atoms with Gasteiger partial charge in [0.1, 0.15) is 0 Å². The van der Waals surface area contributed by atoms with Gasteiger partial charge < -0.3 is 4.74 Å². The second kappa shape index (κ2) is 7.77. The third-order valence-corrected chi connectivity index (χ3v) is 4.16. The molecule has 1 heterocycles. The van der Waals surface area contributed by atoms with Crippen molar-refractivity contribution < 1.29 is 4.74 Å². The number of hydrogen-bond acceptors (Lipinski definition) is 3. The summed E-state index contributed by atoms with van der Waals surface area (Å²) in [5, 5.41) is 7.20. The van der Waals surface area contributed by atoms with Gasteiger partial charge in [-0.1, -0.05) is 30.3 Å². The molecule has 1 aliphatic carbocycles. The molecule has 115 valence electrons. The largest absolute Gasteiger partial charge is 0.382 e. The Morgan fingerprint density at radius 2 is 2.00 bits per heavy atom. The van der Waals surface area contributed by atoms with E-state index in [1.54, 1.807) is 7.11 Å². The molecule has 0 amide bonds. The van der Waals surface area contributed by atoms with Crippen LogP contribution in [-0.2, 0) is 11.2 Å². The average Bonchev–Trinajstić information content (AvgIpc) is 3.20. The average molecular weight is 295 g/mol. The summed E-state index contributed by atoms with van der Waals surface area (Å²) in [4.78, 5) is 0. The molecule has 22 heavy (non-hydrogen) atoms. The molecule has 0 bridgehead atoms. The van der Waals surface area contributed by atoms with E-state index in [9.17, 15) is 0 Å². The van der Waals surface area contributed by atoms with E-state index in [4.69, 9.17) is 9.84 Å². The van der Waals surface area contributed by atoms with Crippen LogP contribution in [0.4, 0.5) is 0 Å². The van der Waals surface area contributed by atoms with Crippen molar-refractivity contribution in [1.29, 1.82) is 0 Å². The predicted octanol–water partition coefficient (Wildman–Crippen LogP) is 3.10. The molecule has 2 aliphatic rings. The van der Waals surface area contributed by atoms with Gasteiger partial charge in [0, 0.05) is 26.0 Å². The molecule has 1 atom stereocenters. The number of benzene rings is 1. The molecule has 3 nitrogen and oxygen atoms in total. The zero-order valence-corrected chi connectivity index (χ0v) is 13.1. The van der Waals surface area contributed by atoms with Crippen molar-refractivity contribution >= 4 is 5.71 Å². The minimum Gasteiger partial charge on any atom is -0.382 e. The predicted molar refractivity (Wildman–Crippen MR) is 89.6 cm³/mol. The molecule has 0 unspecified atom stereocenters. The summed E-state index contributed by atoms with van der Waals surface area (Å²) in [5.74, 6) is 1.21. The maximum atomic E-state index is 5.34. The van der Waals surface area contributed by atoms with Crippen LogP contribution >= 0.6 is 0 Å². The Kier molecular flexibility index (Phi) is 5.49. The summed E-state index contributed by atoms with van der Waals surface area (Å²) in [6, 6.07) is 11.0. The molecule has 1 saturated heterocycles. The number of ether oxygens (including phenoxy) is 1. The van der Waals surface area contributed by atoms with Crippen molar-refractivity contribution in [3.05, 3.63) is 67.5 Å².